The van der Waals surface area contributed by atoms with Gasteiger partial charge in [-0.2, -0.15) is 5.26 Å². The van der Waals surface area contributed by atoms with Crippen LogP contribution in [0.5, 0.6) is 0 Å². The number of benzene rings is 1. The topological polar surface area (TPSA) is 52.9 Å². The van der Waals surface area contributed by atoms with Crippen molar-refractivity contribution in [1.82, 2.24) is 0 Å². The van der Waals surface area contributed by atoms with Crippen LogP contribution >= 0.6 is 22.6 Å². The zero-order valence-electron chi connectivity index (χ0n) is 9.53. The van der Waals surface area contributed by atoms with Gasteiger partial charge in [0, 0.05) is 9.26 Å². The summed E-state index contributed by atoms with van der Waals surface area (Å²) in [5.74, 6) is 0.302. The summed E-state index contributed by atoms with van der Waals surface area (Å²) < 4.78 is 1.12. The molecule has 0 saturated heterocycles. The summed E-state index contributed by atoms with van der Waals surface area (Å²) in [4.78, 5) is 12.0. The van der Waals surface area contributed by atoms with Gasteiger partial charge in [0.15, 0.2) is 0 Å². The molecule has 4 heteroatoms. The zero-order chi connectivity index (χ0) is 12.5. The third-order valence-corrected chi connectivity index (χ3v) is 3.86. The van der Waals surface area contributed by atoms with Crippen molar-refractivity contribution >= 4 is 34.2 Å². The fraction of sp³-hybridized carbons (Fsp3) is 0.385. The Bertz CT molecular complexity index is 469. The maximum Gasteiger partial charge on any atom is 0.244 e. The van der Waals surface area contributed by atoms with Gasteiger partial charge in [-0.3, -0.25) is 4.79 Å². The summed E-state index contributed by atoms with van der Waals surface area (Å²) in [7, 11) is 0. The quantitative estimate of drug-likeness (QED) is 0.841. The number of anilines is 1. The summed E-state index contributed by atoms with van der Waals surface area (Å²) in [6.45, 7) is 2.06. The summed E-state index contributed by atoms with van der Waals surface area (Å²) in [6, 6.07) is 9.73. The van der Waals surface area contributed by atoms with E-state index in [2.05, 4.69) is 40.9 Å². The largest absolute Gasteiger partial charge is 0.325 e. The van der Waals surface area contributed by atoms with Gasteiger partial charge >= 0.3 is 0 Å². The van der Waals surface area contributed by atoms with E-state index >= 15 is 0 Å². The summed E-state index contributed by atoms with van der Waals surface area (Å²) in [6.07, 6.45) is 1.33. The molecule has 1 aromatic rings. The Morgan fingerprint density at radius 2 is 2.06 bits per heavy atom. The highest BCUT2D eigenvalue weighted by molar-refractivity contribution is 14.1. The number of carbonyl (C=O) groups excluding carboxylic acids is 1. The Labute approximate surface area is 114 Å². The van der Waals surface area contributed by atoms with Crippen molar-refractivity contribution < 1.29 is 4.79 Å². The molecule has 1 N–H and O–H groups in total. The first-order valence-corrected chi connectivity index (χ1v) is 6.62. The van der Waals surface area contributed by atoms with Crippen LogP contribution < -0.4 is 5.32 Å². The van der Waals surface area contributed by atoms with Crippen molar-refractivity contribution in [2.75, 3.05) is 5.32 Å². The Morgan fingerprint density at radius 3 is 2.53 bits per heavy atom. The van der Waals surface area contributed by atoms with Crippen LogP contribution in [0.4, 0.5) is 5.69 Å². The van der Waals surface area contributed by atoms with E-state index in [-0.39, 0.29) is 5.91 Å². The van der Waals surface area contributed by atoms with Gasteiger partial charge in [0.1, 0.15) is 5.41 Å². The zero-order valence-corrected chi connectivity index (χ0v) is 11.7. The van der Waals surface area contributed by atoms with Gasteiger partial charge in [0.25, 0.3) is 0 Å². The third-order valence-electron chi connectivity index (χ3n) is 3.14. The van der Waals surface area contributed by atoms with E-state index < -0.39 is 5.41 Å². The first-order valence-electron chi connectivity index (χ1n) is 5.54. The molecule has 17 heavy (non-hydrogen) atoms. The predicted octanol–water partition coefficient (Wildman–Crippen LogP) is 3.17. The van der Waals surface area contributed by atoms with Crippen LogP contribution in [0, 0.1) is 26.2 Å². The molecule has 3 nitrogen and oxygen atoms in total. The number of hydrogen-bond donors (Lipinski definition) is 1. The van der Waals surface area contributed by atoms with Crippen molar-refractivity contribution in [3.8, 4) is 6.07 Å². The van der Waals surface area contributed by atoms with Gasteiger partial charge in [0.2, 0.25) is 5.91 Å². The number of nitrogens with one attached hydrogen (secondary N) is 1. The van der Waals surface area contributed by atoms with Gasteiger partial charge in [0.05, 0.1) is 6.07 Å². The van der Waals surface area contributed by atoms with Gasteiger partial charge in [-0.05, 0) is 65.6 Å². The van der Waals surface area contributed by atoms with Crippen LogP contribution in [0.3, 0.4) is 0 Å². The summed E-state index contributed by atoms with van der Waals surface area (Å²) in [5, 5.41) is 12.0. The monoisotopic (exact) mass is 340 g/mol. The average Bonchev–Trinajstić information content (AvgIpc) is 2.27. The molecule has 0 aromatic heterocycles. The van der Waals surface area contributed by atoms with E-state index in [9.17, 15) is 4.79 Å². The first-order chi connectivity index (χ1) is 8.05. The fourth-order valence-electron chi connectivity index (χ4n) is 2.24. The van der Waals surface area contributed by atoms with E-state index in [0.29, 0.717) is 18.8 Å². The van der Waals surface area contributed by atoms with E-state index in [0.717, 1.165) is 9.26 Å². The molecule has 2 rings (SSSR count). The molecule has 1 aliphatic rings. The number of hydrogen-bond acceptors (Lipinski definition) is 2. The Kier molecular flexibility index (Phi) is 3.38. The minimum atomic E-state index is -0.803. The van der Waals surface area contributed by atoms with Crippen LogP contribution in [0.2, 0.25) is 0 Å². The van der Waals surface area contributed by atoms with Crippen LogP contribution in [0.15, 0.2) is 24.3 Å². The molecule has 88 valence electrons. The molecule has 0 aliphatic heterocycles. The van der Waals surface area contributed by atoms with E-state index in [1.807, 2.05) is 24.3 Å². The van der Waals surface area contributed by atoms with Gasteiger partial charge in [-0.1, -0.05) is 6.92 Å². The van der Waals surface area contributed by atoms with Crippen LogP contribution in [-0.4, -0.2) is 5.91 Å². The Morgan fingerprint density at radius 1 is 1.47 bits per heavy atom. The van der Waals surface area contributed by atoms with Crippen LogP contribution in [0.25, 0.3) is 0 Å². The number of nitrogens with zero attached hydrogens (tertiary/aromatic N) is 1. The lowest BCUT2D eigenvalue weighted by Gasteiger charge is -2.39. The van der Waals surface area contributed by atoms with Crippen molar-refractivity contribution in [1.29, 1.82) is 5.26 Å². The normalized spacial score (nSPS) is 26.8. The molecule has 1 amide bonds. The second-order valence-corrected chi connectivity index (χ2v) is 5.91. The molecule has 0 radical (unpaired) electrons. The lowest BCUT2D eigenvalue weighted by atomic mass is 9.63. The minimum Gasteiger partial charge on any atom is -0.325 e. The molecular formula is C13H13IN2O. The molecular weight excluding hydrogens is 327 g/mol. The fourth-order valence-corrected chi connectivity index (χ4v) is 2.60. The molecule has 1 aromatic carbocycles. The average molecular weight is 340 g/mol. The Hall–Kier alpha value is -1.09. The number of rotatable bonds is 2. The first kappa shape index (κ1) is 12.4. The predicted molar refractivity (Wildman–Crippen MR) is 74.2 cm³/mol. The van der Waals surface area contributed by atoms with Gasteiger partial charge in [-0.15, -0.1) is 0 Å². The molecule has 0 unspecified atom stereocenters. The molecule has 1 fully saturated rings. The number of amides is 1. The third kappa shape index (κ3) is 2.44. The van der Waals surface area contributed by atoms with E-state index in [1.54, 1.807) is 0 Å². The van der Waals surface area contributed by atoms with E-state index in [4.69, 9.17) is 5.26 Å². The molecule has 0 atom stereocenters. The second kappa shape index (κ2) is 4.65. The molecule has 0 heterocycles. The maximum absolute atomic E-state index is 12.0. The highest BCUT2D eigenvalue weighted by atomic mass is 127. The minimum absolute atomic E-state index is 0.167. The molecule has 0 bridgehead atoms. The lowest BCUT2D eigenvalue weighted by molar-refractivity contribution is -0.128. The SMILES string of the molecule is CC1CC(C#N)(C(=O)Nc2ccc(I)cc2)C1. The van der Waals surface area contributed by atoms with Crippen molar-refractivity contribution in [3.05, 3.63) is 27.8 Å². The van der Waals surface area contributed by atoms with Gasteiger partial charge in [-0.25, -0.2) is 0 Å². The highest BCUT2D eigenvalue weighted by Gasteiger charge is 2.48. The Balaban J connectivity index is 2.07. The number of nitriles is 1. The van der Waals surface area contributed by atoms with Crippen molar-refractivity contribution in [2.24, 2.45) is 11.3 Å². The number of carbonyl (C=O) groups is 1. The standard InChI is InChI=1S/C13H13IN2O/c1-9-6-13(7-9,8-15)12(17)16-11-4-2-10(14)3-5-11/h2-5,9H,6-7H2,1H3,(H,16,17). The summed E-state index contributed by atoms with van der Waals surface area (Å²) >= 11 is 2.21. The van der Waals surface area contributed by atoms with Crippen molar-refractivity contribution in [3.63, 3.8) is 0 Å². The molecule has 0 spiro atoms. The molecule has 1 aliphatic carbocycles. The summed E-state index contributed by atoms with van der Waals surface area (Å²) in [5.41, 5.74) is -0.0489. The smallest absolute Gasteiger partial charge is 0.244 e. The van der Waals surface area contributed by atoms with Gasteiger partial charge < -0.3 is 5.32 Å². The van der Waals surface area contributed by atoms with Crippen molar-refractivity contribution in [2.45, 2.75) is 19.8 Å². The number of halogens is 1. The molecule has 1 saturated carbocycles. The highest BCUT2D eigenvalue weighted by Crippen LogP contribution is 2.45. The maximum atomic E-state index is 12.0. The second-order valence-electron chi connectivity index (χ2n) is 4.67. The van der Waals surface area contributed by atoms with Crippen LogP contribution in [-0.2, 0) is 4.79 Å². The van der Waals surface area contributed by atoms with E-state index in [1.165, 1.54) is 0 Å². The lowest BCUT2D eigenvalue weighted by Crippen LogP contribution is -2.45. The van der Waals surface area contributed by atoms with Crippen LogP contribution in [0.1, 0.15) is 19.8 Å².